The van der Waals surface area contributed by atoms with E-state index in [2.05, 4.69) is 0 Å². The summed E-state index contributed by atoms with van der Waals surface area (Å²) < 4.78 is 15.9. The van der Waals surface area contributed by atoms with Crippen molar-refractivity contribution in [3.8, 4) is 0 Å². The van der Waals surface area contributed by atoms with Gasteiger partial charge in [-0.3, -0.25) is 0 Å². The molecule has 0 aromatic rings. The molecule has 3 aliphatic rings. The van der Waals surface area contributed by atoms with Crippen LogP contribution in [0.5, 0.6) is 0 Å². The summed E-state index contributed by atoms with van der Waals surface area (Å²) in [6.07, 6.45) is 2.11. The summed E-state index contributed by atoms with van der Waals surface area (Å²) in [4.78, 5) is 0. The summed E-state index contributed by atoms with van der Waals surface area (Å²) >= 11 is 0. The third-order valence-electron chi connectivity index (χ3n) is 2.16. The second kappa shape index (κ2) is 1.31. The van der Waals surface area contributed by atoms with Crippen molar-refractivity contribution >= 4 is 0 Å². The molecule has 9 heavy (non-hydrogen) atoms. The van der Waals surface area contributed by atoms with Crippen LogP contribution in [-0.2, 0) is 14.2 Å². The summed E-state index contributed by atoms with van der Waals surface area (Å²) in [6, 6.07) is 0. The minimum Gasteiger partial charge on any atom is -0.364 e. The molecule has 3 heteroatoms. The van der Waals surface area contributed by atoms with Crippen molar-refractivity contribution in [3.05, 3.63) is 0 Å². The minimum atomic E-state index is -0.0197. The van der Waals surface area contributed by atoms with E-state index in [-0.39, 0.29) is 12.4 Å². The molecule has 0 saturated carbocycles. The van der Waals surface area contributed by atoms with Crippen LogP contribution in [0.4, 0.5) is 0 Å². The third-order valence-corrected chi connectivity index (χ3v) is 2.16. The molecule has 3 saturated heterocycles. The maximum Gasteiger partial charge on any atom is 0.186 e. The van der Waals surface area contributed by atoms with Crippen molar-refractivity contribution in [1.82, 2.24) is 0 Å². The Morgan fingerprint density at radius 2 is 2.22 bits per heavy atom. The molecule has 0 aliphatic carbocycles. The number of rotatable bonds is 0. The molecule has 50 valence electrons. The van der Waals surface area contributed by atoms with Crippen LogP contribution < -0.4 is 0 Å². The van der Waals surface area contributed by atoms with Crippen LogP contribution in [0.15, 0.2) is 0 Å². The Balaban J connectivity index is 1.90. The third kappa shape index (κ3) is 0.520. The lowest BCUT2D eigenvalue weighted by Gasteiger charge is -2.12. The zero-order chi connectivity index (χ0) is 5.84. The second-order valence-electron chi connectivity index (χ2n) is 2.83. The number of hydrogen-bond acceptors (Lipinski definition) is 3. The Kier molecular flexibility index (Phi) is 0.678. The lowest BCUT2D eigenvalue weighted by Crippen LogP contribution is -2.26. The van der Waals surface area contributed by atoms with Crippen LogP contribution in [-0.4, -0.2) is 31.2 Å². The lowest BCUT2D eigenvalue weighted by molar-refractivity contribution is -0.0784. The van der Waals surface area contributed by atoms with E-state index in [0.29, 0.717) is 12.2 Å². The van der Waals surface area contributed by atoms with Crippen LogP contribution in [0.25, 0.3) is 0 Å². The Labute approximate surface area is 52.9 Å². The number of hydrogen-bond donors (Lipinski definition) is 0. The molecule has 0 amide bonds. The summed E-state index contributed by atoms with van der Waals surface area (Å²) in [5, 5.41) is 0. The topological polar surface area (TPSA) is 31.0 Å². The first kappa shape index (κ1) is 4.66. The van der Waals surface area contributed by atoms with Crippen molar-refractivity contribution < 1.29 is 14.2 Å². The van der Waals surface area contributed by atoms with Crippen LogP contribution in [0.1, 0.15) is 6.42 Å². The summed E-state index contributed by atoms with van der Waals surface area (Å²) in [5.74, 6) is 0. The molecule has 0 unspecified atom stereocenters. The number of ether oxygens (including phenoxy) is 3. The van der Waals surface area contributed by atoms with Crippen LogP contribution >= 0.6 is 0 Å². The van der Waals surface area contributed by atoms with Gasteiger partial charge in [0.05, 0.1) is 18.8 Å². The Morgan fingerprint density at radius 3 is 3.22 bits per heavy atom. The first-order valence-electron chi connectivity index (χ1n) is 3.36. The van der Waals surface area contributed by atoms with Crippen molar-refractivity contribution in [2.75, 3.05) is 6.61 Å². The van der Waals surface area contributed by atoms with E-state index in [9.17, 15) is 0 Å². The van der Waals surface area contributed by atoms with Crippen molar-refractivity contribution in [2.24, 2.45) is 0 Å². The van der Waals surface area contributed by atoms with Gasteiger partial charge in [0.1, 0.15) is 6.10 Å². The van der Waals surface area contributed by atoms with Crippen LogP contribution in [0.2, 0.25) is 0 Å². The van der Waals surface area contributed by atoms with Gasteiger partial charge in [0.25, 0.3) is 0 Å². The number of epoxide rings is 1. The zero-order valence-corrected chi connectivity index (χ0v) is 4.95. The highest BCUT2D eigenvalue weighted by atomic mass is 16.8. The highest BCUT2D eigenvalue weighted by molar-refractivity contribution is 4.97. The highest BCUT2D eigenvalue weighted by Crippen LogP contribution is 2.40. The fraction of sp³-hybridized carbons (Fsp3) is 1.00. The maximum absolute atomic E-state index is 5.40. The molecule has 0 aromatic carbocycles. The molecule has 0 N–H and O–H groups in total. The van der Waals surface area contributed by atoms with Gasteiger partial charge in [-0.2, -0.15) is 0 Å². The van der Waals surface area contributed by atoms with Gasteiger partial charge < -0.3 is 14.2 Å². The average Bonchev–Trinajstić information content (AvgIpc) is 2.50. The summed E-state index contributed by atoms with van der Waals surface area (Å²) in [6.45, 7) is 0.779. The predicted octanol–water partition coefficient (Wildman–Crippen LogP) is -0.101. The molecule has 3 heterocycles. The van der Waals surface area contributed by atoms with Gasteiger partial charge in [-0.15, -0.1) is 0 Å². The van der Waals surface area contributed by atoms with Gasteiger partial charge >= 0.3 is 0 Å². The van der Waals surface area contributed by atoms with Gasteiger partial charge in [0.2, 0.25) is 0 Å². The smallest absolute Gasteiger partial charge is 0.186 e. The van der Waals surface area contributed by atoms with E-state index in [1.165, 1.54) is 0 Å². The van der Waals surface area contributed by atoms with E-state index in [1.54, 1.807) is 0 Å². The molecule has 3 rings (SSSR count). The van der Waals surface area contributed by atoms with Crippen molar-refractivity contribution in [3.63, 3.8) is 0 Å². The van der Waals surface area contributed by atoms with E-state index >= 15 is 0 Å². The summed E-state index contributed by atoms with van der Waals surface area (Å²) in [7, 11) is 0. The Hall–Kier alpha value is -0.120. The van der Waals surface area contributed by atoms with Crippen LogP contribution in [0, 0.1) is 0 Å². The minimum absolute atomic E-state index is 0.0197. The first-order valence-corrected chi connectivity index (χ1v) is 3.36. The second-order valence-corrected chi connectivity index (χ2v) is 2.83. The fourth-order valence-corrected chi connectivity index (χ4v) is 1.61. The average molecular weight is 128 g/mol. The molecule has 0 radical (unpaired) electrons. The van der Waals surface area contributed by atoms with Gasteiger partial charge in [-0.1, -0.05) is 0 Å². The highest BCUT2D eigenvalue weighted by Gasteiger charge is 2.55. The molecule has 4 atom stereocenters. The van der Waals surface area contributed by atoms with Gasteiger partial charge in [0, 0.05) is 6.42 Å². The lowest BCUT2D eigenvalue weighted by atomic mass is 10.1. The van der Waals surface area contributed by atoms with E-state index < -0.39 is 0 Å². The molecule has 0 spiro atoms. The van der Waals surface area contributed by atoms with Crippen molar-refractivity contribution in [2.45, 2.75) is 31.0 Å². The molecule has 3 nitrogen and oxygen atoms in total. The number of fused-ring (bicyclic) bond motifs is 4. The van der Waals surface area contributed by atoms with Crippen LogP contribution in [0.3, 0.4) is 0 Å². The zero-order valence-electron chi connectivity index (χ0n) is 4.95. The van der Waals surface area contributed by atoms with Gasteiger partial charge in [-0.05, 0) is 0 Å². The van der Waals surface area contributed by atoms with Crippen molar-refractivity contribution in [1.29, 1.82) is 0 Å². The largest absolute Gasteiger partial charge is 0.364 e. The van der Waals surface area contributed by atoms with E-state index in [4.69, 9.17) is 14.2 Å². The normalized spacial score (nSPS) is 61.3. The van der Waals surface area contributed by atoms with E-state index in [0.717, 1.165) is 13.0 Å². The van der Waals surface area contributed by atoms with E-state index in [1.807, 2.05) is 0 Å². The standard InChI is InChI=1S/C6H8O3/c1-3-2-7-6(8-3)5-4(1)9-5/h3-6H,1-2H2/t3-,4+,5+,6+/m0/s1. The Morgan fingerprint density at radius 1 is 1.22 bits per heavy atom. The monoisotopic (exact) mass is 128 g/mol. The van der Waals surface area contributed by atoms with Gasteiger partial charge in [-0.25, -0.2) is 0 Å². The predicted molar refractivity (Wildman–Crippen MR) is 27.9 cm³/mol. The molecule has 2 bridgehead atoms. The fourth-order valence-electron chi connectivity index (χ4n) is 1.61. The molecule has 3 fully saturated rings. The molecule has 3 aliphatic heterocycles. The first-order chi connectivity index (χ1) is 4.43. The molecule has 0 aromatic heterocycles. The Bertz CT molecular complexity index is 145. The summed E-state index contributed by atoms with van der Waals surface area (Å²) in [5.41, 5.74) is 0. The molecular formula is C6H8O3. The quantitative estimate of drug-likeness (QED) is 0.427. The molecular weight excluding hydrogens is 120 g/mol. The van der Waals surface area contributed by atoms with Gasteiger partial charge in [0.15, 0.2) is 6.29 Å². The maximum atomic E-state index is 5.40. The SMILES string of the molecule is C1O[C@@H]2O[C@H]1C[C@H]1O[C@@H]21.